The Kier molecular flexibility index (Phi) is 4.64. The molecule has 3 aliphatic rings. The van der Waals surface area contributed by atoms with E-state index in [1.165, 1.54) is 16.2 Å². The fraction of sp³-hybridized carbons (Fsp3) is 0.360. The van der Waals surface area contributed by atoms with Crippen molar-refractivity contribution in [1.82, 2.24) is 19.7 Å². The summed E-state index contributed by atoms with van der Waals surface area (Å²) in [7, 11) is 0. The molecule has 7 nitrogen and oxygen atoms in total. The maximum Gasteiger partial charge on any atom is 0.327 e. The van der Waals surface area contributed by atoms with Crippen molar-refractivity contribution in [2.45, 2.75) is 12.5 Å². The number of anilines is 1. The molecule has 4 heterocycles. The monoisotopic (exact) mass is 429 g/mol. The summed E-state index contributed by atoms with van der Waals surface area (Å²) in [5.41, 5.74) is 4.37. The van der Waals surface area contributed by atoms with E-state index in [0.717, 1.165) is 55.7 Å². The molecule has 7 heteroatoms. The molecule has 0 bridgehead atoms. The fourth-order valence-electron chi connectivity index (χ4n) is 5.42. The predicted octanol–water partition coefficient (Wildman–Crippen LogP) is 2.85. The zero-order valence-electron chi connectivity index (χ0n) is 18.0. The lowest BCUT2D eigenvalue weighted by Gasteiger charge is -2.36. The fourth-order valence-corrected chi connectivity index (χ4v) is 5.42. The number of hydrogen-bond acceptors (Lipinski definition) is 4. The predicted molar refractivity (Wildman–Crippen MR) is 124 cm³/mol. The molecule has 0 aliphatic carbocycles. The van der Waals surface area contributed by atoms with Crippen LogP contribution in [0.15, 0.2) is 54.6 Å². The summed E-state index contributed by atoms with van der Waals surface area (Å²) in [6.45, 7) is 5.55. The lowest BCUT2D eigenvalue weighted by atomic mass is 9.98. The molecule has 32 heavy (non-hydrogen) atoms. The molecule has 0 saturated carbocycles. The van der Waals surface area contributed by atoms with Gasteiger partial charge in [-0.25, -0.2) is 4.79 Å². The van der Waals surface area contributed by atoms with E-state index < -0.39 is 6.04 Å². The van der Waals surface area contributed by atoms with Crippen molar-refractivity contribution < 1.29 is 9.59 Å². The second-order valence-electron chi connectivity index (χ2n) is 8.85. The van der Waals surface area contributed by atoms with Crippen molar-refractivity contribution in [2.24, 2.45) is 0 Å². The minimum absolute atomic E-state index is 0.0922. The summed E-state index contributed by atoms with van der Waals surface area (Å²) in [5.74, 6) is -0.0922. The van der Waals surface area contributed by atoms with Gasteiger partial charge in [0.2, 0.25) is 0 Å². The van der Waals surface area contributed by atoms with Crippen LogP contribution in [0.5, 0.6) is 0 Å². The van der Waals surface area contributed by atoms with Crippen molar-refractivity contribution in [3.63, 3.8) is 0 Å². The number of nitrogens with one attached hydrogen (secondary N) is 1. The molecule has 2 fully saturated rings. The molecule has 1 atom stereocenters. The molecule has 2 aromatic carbocycles. The van der Waals surface area contributed by atoms with Crippen LogP contribution in [0.25, 0.3) is 10.9 Å². The zero-order valence-corrected chi connectivity index (χ0v) is 18.0. The van der Waals surface area contributed by atoms with Crippen molar-refractivity contribution in [2.75, 3.05) is 50.7 Å². The summed E-state index contributed by atoms with van der Waals surface area (Å²) >= 11 is 0. The van der Waals surface area contributed by atoms with E-state index in [0.29, 0.717) is 13.1 Å². The topological polar surface area (TPSA) is 62.9 Å². The van der Waals surface area contributed by atoms with E-state index in [1.54, 1.807) is 4.90 Å². The summed E-state index contributed by atoms with van der Waals surface area (Å²) < 4.78 is 0. The number of piperazine rings is 1. The number of fused-ring (bicyclic) bond motifs is 5. The molecule has 1 N–H and O–H groups in total. The third-order valence-electron chi connectivity index (χ3n) is 7.14. The van der Waals surface area contributed by atoms with Gasteiger partial charge in [-0.05, 0) is 30.2 Å². The number of carbonyl (C=O) groups is 2. The van der Waals surface area contributed by atoms with Gasteiger partial charge in [-0.2, -0.15) is 0 Å². The highest BCUT2D eigenvalue weighted by atomic mass is 16.2. The first-order valence-electron chi connectivity index (χ1n) is 11.4. The maximum atomic E-state index is 13.3. The van der Waals surface area contributed by atoms with Gasteiger partial charge in [0.15, 0.2) is 6.04 Å². The van der Waals surface area contributed by atoms with Crippen LogP contribution < -0.4 is 4.90 Å². The van der Waals surface area contributed by atoms with Gasteiger partial charge in [0.25, 0.3) is 5.91 Å². The van der Waals surface area contributed by atoms with Gasteiger partial charge in [0.05, 0.1) is 5.69 Å². The van der Waals surface area contributed by atoms with Gasteiger partial charge in [0, 0.05) is 62.4 Å². The summed E-state index contributed by atoms with van der Waals surface area (Å²) in [6.07, 6.45) is 0.782. The van der Waals surface area contributed by atoms with E-state index >= 15 is 0 Å². The van der Waals surface area contributed by atoms with Gasteiger partial charge in [-0.3, -0.25) is 14.6 Å². The molecule has 2 saturated heterocycles. The van der Waals surface area contributed by atoms with Gasteiger partial charge < -0.3 is 14.8 Å². The highest BCUT2D eigenvalue weighted by Gasteiger charge is 2.49. The minimum Gasteiger partial charge on any atom is -0.369 e. The first-order chi connectivity index (χ1) is 15.7. The third kappa shape index (κ3) is 3.07. The molecular formula is C25H27N5O2. The van der Waals surface area contributed by atoms with E-state index in [1.807, 2.05) is 24.3 Å². The molecule has 0 spiro atoms. The van der Waals surface area contributed by atoms with E-state index in [-0.39, 0.29) is 11.9 Å². The third-order valence-corrected chi connectivity index (χ3v) is 7.14. The Morgan fingerprint density at radius 3 is 2.41 bits per heavy atom. The molecule has 6 rings (SSSR count). The molecule has 3 amide bonds. The highest BCUT2D eigenvalue weighted by molar-refractivity contribution is 6.05. The minimum atomic E-state index is -0.506. The van der Waals surface area contributed by atoms with Crippen molar-refractivity contribution in [1.29, 1.82) is 0 Å². The number of rotatable bonds is 4. The normalized spacial score (nSPS) is 21.4. The van der Waals surface area contributed by atoms with Crippen LogP contribution in [0.4, 0.5) is 10.5 Å². The van der Waals surface area contributed by atoms with E-state index in [2.05, 4.69) is 45.1 Å². The number of para-hydroxylation sites is 2. The number of urea groups is 1. The largest absolute Gasteiger partial charge is 0.369 e. The number of aromatic amines is 1. The van der Waals surface area contributed by atoms with E-state index in [9.17, 15) is 9.59 Å². The molecule has 0 radical (unpaired) electrons. The lowest BCUT2D eigenvalue weighted by Crippen LogP contribution is -2.49. The van der Waals surface area contributed by atoms with Crippen molar-refractivity contribution in [3.8, 4) is 0 Å². The number of nitrogens with zero attached hydrogens (tertiary/aromatic N) is 4. The number of hydrogen-bond donors (Lipinski definition) is 1. The summed E-state index contributed by atoms with van der Waals surface area (Å²) in [4.78, 5) is 37.8. The van der Waals surface area contributed by atoms with Gasteiger partial charge in [0.1, 0.15) is 0 Å². The summed E-state index contributed by atoms with van der Waals surface area (Å²) in [5, 5.41) is 1.16. The van der Waals surface area contributed by atoms with Crippen LogP contribution >= 0.6 is 0 Å². The second kappa shape index (κ2) is 7.67. The molecule has 164 valence electrons. The Morgan fingerprint density at radius 2 is 1.59 bits per heavy atom. The van der Waals surface area contributed by atoms with Crippen LogP contribution in [0.3, 0.4) is 0 Å². The molecular weight excluding hydrogens is 402 g/mol. The van der Waals surface area contributed by atoms with Gasteiger partial charge in [-0.15, -0.1) is 0 Å². The van der Waals surface area contributed by atoms with Crippen LogP contribution in [0.1, 0.15) is 17.3 Å². The first-order valence-corrected chi connectivity index (χ1v) is 11.4. The maximum absolute atomic E-state index is 13.3. The summed E-state index contributed by atoms with van der Waals surface area (Å²) in [6, 6.07) is 18.0. The Hall–Kier alpha value is -3.32. The smallest absolute Gasteiger partial charge is 0.327 e. The van der Waals surface area contributed by atoms with Crippen molar-refractivity contribution in [3.05, 3.63) is 65.9 Å². The number of benzene rings is 2. The van der Waals surface area contributed by atoms with Crippen LogP contribution in [0, 0.1) is 0 Å². The Morgan fingerprint density at radius 1 is 0.844 bits per heavy atom. The number of aromatic nitrogens is 1. The molecule has 1 unspecified atom stereocenters. The van der Waals surface area contributed by atoms with Crippen LogP contribution in [-0.2, 0) is 11.2 Å². The second-order valence-corrected chi connectivity index (χ2v) is 8.85. The molecule has 3 aromatic rings. The number of imide groups is 1. The number of amides is 3. The Bertz CT molecular complexity index is 1170. The van der Waals surface area contributed by atoms with Gasteiger partial charge in [-0.1, -0.05) is 36.4 Å². The zero-order chi connectivity index (χ0) is 21.7. The Labute approximate surface area is 187 Å². The van der Waals surface area contributed by atoms with Crippen LogP contribution in [0.2, 0.25) is 0 Å². The SMILES string of the molecule is O=C1C2c3[nH]c4ccccc4c3CCN2C(=O)N1CCN1CCN(c2ccccc2)CC1. The number of H-pyrrole nitrogens is 1. The van der Waals surface area contributed by atoms with Gasteiger partial charge >= 0.3 is 6.03 Å². The average molecular weight is 430 g/mol. The average Bonchev–Trinajstić information content (AvgIpc) is 3.33. The van der Waals surface area contributed by atoms with Crippen LogP contribution in [-0.4, -0.2) is 77.4 Å². The van der Waals surface area contributed by atoms with E-state index in [4.69, 9.17) is 0 Å². The number of carbonyl (C=O) groups excluding carboxylic acids is 2. The molecule has 3 aliphatic heterocycles. The quantitative estimate of drug-likeness (QED) is 0.648. The Balaban J connectivity index is 1.13. The van der Waals surface area contributed by atoms with Crippen molar-refractivity contribution >= 4 is 28.5 Å². The highest BCUT2D eigenvalue weighted by Crippen LogP contribution is 2.39. The molecule has 1 aromatic heterocycles. The lowest BCUT2D eigenvalue weighted by molar-refractivity contribution is -0.128. The first kappa shape index (κ1) is 19.4. The standard InChI is InChI=1S/C25H27N5O2/c31-24-23-22-20(19-8-4-5-9-21(19)26-22)10-11-29(23)25(32)30(24)17-14-27-12-15-28(16-13-27)18-6-2-1-3-7-18/h1-9,23,26H,10-17H2.